The summed E-state index contributed by atoms with van der Waals surface area (Å²) in [6.45, 7) is 0. The number of fused-ring (bicyclic) bond motifs is 12. The second-order valence-electron chi connectivity index (χ2n) is 14.9. The van der Waals surface area contributed by atoms with Crippen LogP contribution < -0.4 is 0 Å². The van der Waals surface area contributed by atoms with E-state index >= 15 is 0 Å². The van der Waals surface area contributed by atoms with Gasteiger partial charge in [-0.15, -0.1) is 0 Å². The molecule has 5 aliphatic carbocycles. The SMILES string of the molecule is c1ccc2c(c1)-c1c(ccc3c4ccc5ccccc5c4n(-c4ccc5oc6ccccc6c5c4)c13)C21C2CC3CC(C2)CC1C3. The predicted molar refractivity (Wildman–Crippen MR) is 189 cm³/mol. The van der Waals surface area contributed by atoms with Crippen molar-refractivity contribution in [2.45, 2.75) is 37.5 Å². The standard InChI is InChI=1S/C44H33NO/c1-2-8-31-27(7-1)13-15-33-34-16-17-38-41(35-10-3-5-11-37(35)44(38)28-20-25-19-26(22-28)23-29(44)21-25)43(34)45(42(31)33)30-14-18-40-36(24-30)32-9-4-6-12-39(32)46-40/h1-18,24-26,28-29H,19-23H2. The largest absolute Gasteiger partial charge is 0.456 e. The Morgan fingerprint density at radius 3 is 2.09 bits per heavy atom. The minimum Gasteiger partial charge on any atom is -0.456 e. The van der Waals surface area contributed by atoms with Gasteiger partial charge in [-0.25, -0.2) is 0 Å². The molecule has 220 valence electrons. The average molecular weight is 592 g/mol. The Morgan fingerprint density at radius 2 is 1.22 bits per heavy atom. The van der Waals surface area contributed by atoms with Crippen molar-refractivity contribution in [1.82, 2.24) is 4.57 Å². The molecule has 8 aromatic rings. The van der Waals surface area contributed by atoms with Gasteiger partial charge in [-0.1, -0.05) is 91.0 Å². The molecule has 46 heavy (non-hydrogen) atoms. The van der Waals surface area contributed by atoms with Crippen LogP contribution in [0, 0.1) is 23.7 Å². The van der Waals surface area contributed by atoms with E-state index in [2.05, 4.69) is 120 Å². The monoisotopic (exact) mass is 591 g/mol. The van der Waals surface area contributed by atoms with E-state index in [4.69, 9.17) is 4.42 Å². The summed E-state index contributed by atoms with van der Waals surface area (Å²) in [6, 6.07) is 43.5. The topological polar surface area (TPSA) is 18.1 Å². The predicted octanol–water partition coefficient (Wildman–Crippen LogP) is 11.6. The highest BCUT2D eigenvalue weighted by Crippen LogP contribution is 2.70. The molecule has 4 fully saturated rings. The summed E-state index contributed by atoms with van der Waals surface area (Å²) in [4.78, 5) is 0. The zero-order valence-electron chi connectivity index (χ0n) is 25.7. The Balaban J connectivity index is 1.26. The summed E-state index contributed by atoms with van der Waals surface area (Å²) < 4.78 is 8.93. The Morgan fingerprint density at radius 1 is 0.522 bits per heavy atom. The lowest BCUT2D eigenvalue weighted by molar-refractivity contribution is -0.0399. The van der Waals surface area contributed by atoms with Crippen molar-refractivity contribution in [3.05, 3.63) is 126 Å². The quantitative estimate of drug-likeness (QED) is 0.186. The van der Waals surface area contributed by atoms with Crippen LogP contribution >= 0.6 is 0 Å². The third-order valence-electron chi connectivity index (χ3n) is 12.9. The maximum atomic E-state index is 6.31. The first kappa shape index (κ1) is 24.4. The number of nitrogens with zero attached hydrogens (tertiary/aromatic N) is 1. The first-order valence-electron chi connectivity index (χ1n) is 17.3. The van der Waals surface area contributed by atoms with Gasteiger partial charge in [0.2, 0.25) is 0 Å². The van der Waals surface area contributed by atoms with Crippen molar-refractivity contribution in [3.63, 3.8) is 0 Å². The van der Waals surface area contributed by atoms with Crippen molar-refractivity contribution in [3.8, 4) is 16.8 Å². The third-order valence-corrected chi connectivity index (χ3v) is 12.9. The van der Waals surface area contributed by atoms with Crippen molar-refractivity contribution in [1.29, 1.82) is 0 Å². The highest BCUT2D eigenvalue weighted by atomic mass is 16.3. The number of aromatic nitrogens is 1. The number of para-hydroxylation sites is 1. The van der Waals surface area contributed by atoms with Crippen molar-refractivity contribution < 1.29 is 4.42 Å². The molecule has 1 spiro atoms. The van der Waals surface area contributed by atoms with E-state index in [1.165, 1.54) is 92.3 Å². The highest BCUT2D eigenvalue weighted by Gasteiger charge is 2.61. The van der Waals surface area contributed by atoms with Crippen LogP contribution in [0.5, 0.6) is 0 Å². The molecule has 2 nitrogen and oxygen atoms in total. The Kier molecular flexibility index (Phi) is 4.41. The fraction of sp³-hybridized carbons (Fsp3) is 0.227. The lowest BCUT2D eigenvalue weighted by atomic mass is 9.43. The molecule has 0 N–H and O–H groups in total. The van der Waals surface area contributed by atoms with Crippen LogP contribution in [0.3, 0.4) is 0 Å². The molecule has 0 saturated heterocycles. The molecule has 2 heteroatoms. The molecular formula is C44H33NO. The summed E-state index contributed by atoms with van der Waals surface area (Å²) in [7, 11) is 0. The van der Waals surface area contributed by atoms with Gasteiger partial charge in [0, 0.05) is 43.6 Å². The molecule has 0 unspecified atom stereocenters. The second kappa shape index (κ2) is 8.30. The van der Waals surface area contributed by atoms with Crippen LogP contribution in [0.15, 0.2) is 120 Å². The molecule has 13 rings (SSSR count). The molecule has 4 bridgehead atoms. The van der Waals surface area contributed by atoms with Crippen LogP contribution in [0.1, 0.15) is 43.2 Å². The van der Waals surface area contributed by atoms with Gasteiger partial charge in [0.1, 0.15) is 11.2 Å². The second-order valence-corrected chi connectivity index (χ2v) is 14.9. The summed E-state index contributed by atoms with van der Waals surface area (Å²) in [5, 5.41) is 7.62. The maximum absolute atomic E-state index is 6.31. The van der Waals surface area contributed by atoms with Gasteiger partial charge in [-0.2, -0.15) is 0 Å². The first-order chi connectivity index (χ1) is 22.8. The van der Waals surface area contributed by atoms with Crippen LogP contribution in [0.2, 0.25) is 0 Å². The normalized spacial score (nSPS) is 25.9. The molecule has 6 aromatic carbocycles. The molecule has 0 atom stereocenters. The van der Waals surface area contributed by atoms with Crippen LogP contribution in [0.4, 0.5) is 0 Å². The van der Waals surface area contributed by atoms with Crippen LogP contribution in [-0.2, 0) is 5.41 Å². The van der Waals surface area contributed by atoms with Gasteiger partial charge in [-0.05, 0) is 102 Å². The molecule has 0 radical (unpaired) electrons. The van der Waals surface area contributed by atoms with Gasteiger partial charge in [0.15, 0.2) is 0 Å². The van der Waals surface area contributed by atoms with E-state index in [0.717, 1.165) is 34.8 Å². The fourth-order valence-corrected chi connectivity index (χ4v) is 11.6. The lowest BCUT2D eigenvalue weighted by Gasteiger charge is -2.61. The molecule has 2 aromatic heterocycles. The van der Waals surface area contributed by atoms with E-state index < -0.39 is 0 Å². The Hall–Kier alpha value is -4.82. The molecule has 0 amide bonds. The van der Waals surface area contributed by atoms with Gasteiger partial charge >= 0.3 is 0 Å². The zero-order valence-corrected chi connectivity index (χ0v) is 25.7. The molecule has 5 aliphatic rings. The minimum absolute atomic E-state index is 0.140. The zero-order chi connectivity index (χ0) is 29.7. The van der Waals surface area contributed by atoms with Crippen LogP contribution in [-0.4, -0.2) is 4.57 Å². The maximum Gasteiger partial charge on any atom is 0.135 e. The van der Waals surface area contributed by atoms with E-state index in [0.29, 0.717) is 0 Å². The smallest absolute Gasteiger partial charge is 0.135 e. The van der Waals surface area contributed by atoms with E-state index in [1.807, 2.05) is 0 Å². The van der Waals surface area contributed by atoms with Crippen molar-refractivity contribution in [2.75, 3.05) is 0 Å². The van der Waals surface area contributed by atoms with E-state index in [-0.39, 0.29) is 5.41 Å². The fourth-order valence-electron chi connectivity index (χ4n) is 11.6. The van der Waals surface area contributed by atoms with Gasteiger partial charge < -0.3 is 8.98 Å². The first-order valence-corrected chi connectivity index (χ1v) is 17.3. The van der Waals surface area contributed by atoms with Gasteiger partial charge in [0.05, 0.1) is 11.0 Å². The Bertz CT molecular complexity index is 2590. The van der Waals surface area contributed by atoms with E-state index in [1.54, 1.807) is 11.1 Å². The molecule has 4 saturated carbocycles. The summed E-state index contributed by atoms with van der Waals surface area (Å²) >= 11 is 0. The molecule has 2 heterocycles. The Labute approximate surface area is 267 Å². The van der Waals surface area contributed by atoms with Gasteiger partial charge in [0.25, 0.3) is 0 Å². The summed E-state index contributed by atoms with van der Waals surface area (Å²) in [5.41, 5.74) is 12.1. The number of furan rings is 1. The summed E-state index contributed by atoms with van der Waals surface area (Å²) in [6.07, 6.45) is 7.07. The number of benzene rings is 6. The lowest BCUT2D eigenvalue weighted by Crippen LogP contribution is -2.55. The third kappa shape index (κ3) is 2.79. The van der Waals surface area contributed by atoms with Gasteiger partial charge in [-0.3, -0.25) is 0 Å². The van der Waals surface area contributed by atoms with Crippen LogP contribution in [0.25, 0.3) is 71.3 Å². The van der Waals surface area contributed by atoms with E-state index in [9.17, 15) is 0 Å². The minimum atomic E-state index is 0.140. The highest BCUT2D eigenvalue weighted by molar-refractivity contribution is 6.22. The number of rotatable bonds is 1. The van der Waals surface area contributed by atoms with Crippen molar-refractivity contribution in [2.24, 2.45) is 23.7 Å². The molecular weight excluding hydrogens is 558 g/mol. The number of hydrogen-bond donors (Lipinski definition) is 0. The average Bonchev–Trinajstić information content (AvgIpc) is 3.73. The summed E-state index contributed by atoms with van der Waals surface area (Å²) in [5.74, 6) is 3.36. The molecule has 0 aliphatic heterocycles. The van der Waals surface area contributed by atoms with Crippen molar-refractivity contribution >= 4 is 54.5 Å². The number of hydrogen-bond acceptors (Lipinski definition) is 1.